The number of amides is 1. The van der Waals surface area contributed by atoms with E-state index in [0.717, 1.165) is 39.8 Å². The molecule has 1 aliphatic heterocycles. The number of anilines is 1. The van der Waals surface area contributed by atoms with E-state index in [1.807, 2.05) is 72.6 Å². The van der Waals surface area contributed by atoms with Crippen LogP contribution in [0.1, 0.15) is 22.8 Å². The third-order valence-electron chi connectivity index (χ3n) is 6.54. The van der Waals surface area contributed by atoms with Crippen molar-refractivity contribution in [1.82, 2.24) is 29.8 Å². The third-order valence-corrected chi connectivity index (χ3v) is 6.54. The molecule has 0 unspecified atom stereocenters. The van der Waals surface area contributed by atoms with Gasteiger partial charge in [0.05, 0.1) is 5.69 Å². The minimum atomic E-state index is -0.0577. The van der Waals surface area contributed by atoms with Gasteiger partial charge in [0.1, 0.15) is 5.82 Å². The maximum absolute atomic E-state index is 13.2. The van der Waals surface area contributed by atoms with Gasteiger partial charge < -0.3 is 14.7 Å². The summed E-state index contributed by atoms with van der Waals surface area (Å²) in [4.78, 5) is 24.0. The van der Waals surface area contributed by atoms with E-state index in [9.17, 15) is 4.79 Å². The number of likely N-dealkylation sites (tertiary alicyclic amines) is 1. The van der Waals surface area contributed by atoms with Crippen LogP contribution in [0.15, 0.2) is 71.4 Å². The molecule has 36 heavy (non-hydrogen) atoms. The Bertz CT molecular complexity index is 1560. The van der Waals surface area contributed by atoms with E-state index in [1.165, 1.54) is 0 Å². The van der Waals surface area contributed by atoms with Crippen LogP contribution in [0.3, 0.4) is 0 Å². The third kappa shape index (κ3) is 4.08. The molecule has 6 rings (SSSR count). The number of fused-ring (bicyclic) bond motifs is 1. The number of hydrogen-bond acceptors (Lipinski definition) is 7. The molecule has 1 atom stereocenters. The van der Waals surface area contributed by atoms with Crippen molar-refractivity contribution in [3.63, 3.8) is 0 Å². The number of rotatable bonds is 5. The molecule has 5 aromatic rings. The molecular formula is C27H25N7O2. The van der Waals surface area contributed by atoms with Crippen molar-refractivity contribution in [3.8, 4) is 22.6 Å². The van der Waals surface area contributed by atoms with Crippen molar-refractivity contribution < 1.29 is 9.32 Å². The molecule has 1 saturated heterocycles. The predicted molar refractivity (Wildman–Crippen MR) is 136 cm³/mol. The average molecular weight is 480 g/mol. The number of aryl methyl sites for hydroxylation is 2. The zero-order valence-corrected chi connectivity index (χ0v) is 20.0. The van der Waals surface area contributed by atoms with E-state index in [4.69, 9.17) is 4.52 Å². The Labute approximate surface area is 207 Å². The normalized spacial score (nSPS) is 15.5. The number of benzene rings is 2. The molecule has 9 nitrogen and oxygen atoms in total. The quantitative estimate of drug-likeness (QED) is 0.400. The molecular weight excluding hydrogens is 454 g/mol. The zero-order valence-electron chi connectivity index (χ0n) is 20.0. The number of hydrogen-bond donors (Lipinski definition) is 1. The Morgan fingerprint density at radius 1 is 1.08 bits per heavy atom. The summed E-state index contributed by atoms with van der Waals surface area (Å²) in [6.45, 7) is 3.01. The SMILES string of the molecule is Cc1nc(-c2ccc3ccnc(N[C@H]4CCN(C(=O)c5cc(-c6ccccc6)n(C)n5)C4)c3c2)no1. The first-order chi connectivity index (χ1) is 17.5. The zero-order chi connectivity index (χ0) is 24.6. The molecule has 1 N–H and O–H groups in total. The molecule has 1 aliphatic rings. The summed E-state index contributed by atoms with van der Waals surface area (Å²) in [7, 11) is 1.86. The van der Waals surface area contributed by atoms with Crippen LogP contribution in [0.2, 0.25) is 0 Å². The number of pyridine rings is 1. The highest BCUT2D eigenvalue weighted by atomic mass is 16.5. The van der Waals surface area contributed by atoms with Crippen LogP contribution in [-0.4, -0.2) is 54.8 Å². The van der Waals surface area contributed by atoms with E-state index in [-0.39, 0.29) is 11.9 Å². The fraction of sp³-hybridized carbons (Fsp3) is 0.222. The van der Waals surface area contributed by atoms with Gasteiger partial charge in [-0.2, -0.15) is 10.1 Å². The molecule has 3 aromatic heterocycles. The second-order valence-corrected chi connectivity index (χ2v) is 9.02. The number of carbonyl (C=O) groups excluding carboxylic acids is 1. The van der Waals surface area contributed by atoms with E-state index in [2.05, 4.69) is 25.5 Å². The summed E-state index contributed by atoms with van der Waals surface area (Å²) in [6, 6.07) is 19.9. The van der Waals surface area contributed by atoms with E-state index < -0.39 is 0 Å². The highest BCUT2D eigenvalue weighted by Gasteiger charge is 2.29. The lowest BCUT2D eigenvalue weighted by Crippen LogP contribution is -2.32. The molecule has 0 spiro atoms. The molecule has 0 aliphatic carbocycles. The first kappa shape index (κ1) is 22.0. The van der Waals surface area contributed by atoms with Crippen molar-refractivity contribution in [1.29, 1.82) is 0 Å². The van der Waals surface area contributed by atoms with Gasteiger partial charge in [-0.15, -0.1) is 0 Å². The largest absolute Gasteiger partial charge is 0.365 e. The minimum Gasteiger partial charge on any atom is -0.365 e. The Morgan fingerprint density at radius 3 is 2.75 bits per heavy atom. The van der Waals surface area contributed by atoms with Crippen molar-refractivity contribution in [2.75, 3.05) is 18.4 Å². The number of carbonyl (C=O) groups is 1. The maximum atomic E-state index is 13.2. The van der Waals surface area contributed by atoms with E-state index in [1.54, 1.807) is 17.8 Å². The molecule has 1 fully saturated rings. The summed E-state index contributed by atoms with van der Waals surface area (Å²) in [6.07, 6.45) is 2.62. The van der Waals surface area contributed by atoms with Gasteiger partial charge >= 0.3 is 0 Å². The number of aromatic nitrogens is 5. The molecule has 1 amide bonds. The molecule has 4 heterocycles. The molecule has 0 radical (unpaired) electrons. The van der Waals surface area contributed by atoms with Crippen molar-refractivity contribution in [2.24, 2.45) is 7.05 Å². The van der Waals surface area contributed by atoms with Gasteiger partial charge in [0.2, 0.25) is 11.7 Å². The van der Waals surface area contributed by atoms with Gasteiger partial charge in [-0.25, -0.2) is 4.98 Å². The first-order valence-corrected chi connectivity index (χ1v) is 11.9. The molecule has 180 valence electrons. The second kappa shape index (κ2) is 8.92. The monoisotopic (exact) mass is 479 g/mol. The van der Waals surface area contributed by atoms with Gasteiger partial charge in [-0.1, -0.05) is 47.6 Å². The number of nitrogens with one attached hydrogen (secondary N) is 1. The number of nitrogens with zero attached hydrogens (tertiary/aromatic N) is 6. The predicted octanol–water partition coefficient (Wildman–Crippen LogP) is 4.32. The fourth-order valence-electron chi connectivity index (χ4n) is 4.71. The van der Waals surface area contributed by atoms with E-state index >= 15 is 0 Å². The lowest BCUT2D eigenvalue weighted by molar-refractivity contribution is 0.0785. The second-order valence-electron chi connectivity index (χ2n) is 9.02. The highest BCUT2D eigenvalue weighted by molar-refractivity contribution is 5.95. The van der Waals surface area contributed by atoms with Crippen LogP contribution in [0.5, 0.6) is 0 Å². The van der Waals surface area contributed by atoms with Crippen molar-refractivity contribution in [2.45, 2.75) is 19.4 Å². The summed E-state index contributed by atoms with van der Waals surface area (Å²) in [5.41, 5.74) is 3.27. The lowest BCUT2D eigenvalue weighted by Gasteiger charge is -2.17. The molecule has 0 saturated carbocycles. The Kier molecular flexibility index (Phi) is 5.44. The van der Waals surface area contributed by atoms with Crippen LogP contribution >= 0.6 is 0 Å². The topological polar surface area (TPSA) is 102 Å². The Morgan fingerprint density at radius 2 is 1.94 bits per heavy atom. The molecule has 0 bridgehead atoms. The lowest BCUT2D eigenvalue weighted by atomic mass is 10.1. The van der Waals surface area contributed by atoms with Crippen LogP contribution in [0, 0.1) is 6.92 Å². The van der Waals surface area contributed by atoms with Gasteiger partial charge in [0, 0.05) is 50.2 Å². The van der Waals surface area contributed by atoms with Gasteiger partial charge in [0.15, 0.2) is 5.69 Å². The Hall–Kier alpha value is -4.53. The molecule has 2 aromatic carbocycles. The van der Waals surface area contributed by atoms with Gasteiger partial charge in [-0.05, 0) is 35.6 Å². The summed E-state index contributed by atoms with van der Waals surface area (Å²) >= 11 is 0. The van der Waals surface area contributed by atoms with Gasteiger partial charge in [-0.3, -0.25) is 9.48 Å². The van der Waals surface area contributed by atoms with Crippen molar-refractivity contribution >= 4 is 22.5 Å². The Balaban J connectivity index is 1.20. The van der Waals surface area contributed by atoms with Crippen LogP contribution in [0.4, 0.5) is 5.82 Å². The summed E-state index contributed by atoms with van der Waals surface area (Å²) in [5.74, 6) is 1.79. The standard InChI is InChI=1S/C27H25N7O2/c1-17-29-25(32-36-17)20-9-8-18-10-12-28-26(22(18)14-20)30-21-11-13-34(16-21)27(35)23-15-24(33(2)31-23)19-6-4-3-5-7-19/h3-10,12,14-15,21H,11,13,16H2,1-2H3,(H,28,30)/t21-/m0/s1. The summed E-state index contributed by atoms with van der Waals surface area (Å²) < 4.78 is 6.90. The average Bonchev–Trinajstić information content (AvgIpc) is 3.64. The van der Waals surface area contributed by atoms with Crippen LogP contribution in [0.25, 0.3) is 33.4 Å². The van der Waals surface area contributed by atoms with Gasteiger partial charge in [0.25, 0.3) is 5.91 Å². The molecule has 9 heteroatoms. The first-order valence-electron chi connectivity index (χ1n) is 11.9. The van der Waals surface area contributed by atoms with Crippen LogP contribution < -0.4 is 5.32 Å². The van der Waals surface area contributed by atoms with Crippen molar-refractivity contribution in [3.05, 3.63) is 78.4 Å². The smallest absolute Gasteiger partial charge is 0.274 e. The highest BCUT2D eigenvalue weighted by Crippen LogP contribution is 2.28. The summed E-state index contributed by atoms with van der Waals surface area (Å²) in [5, 5.41) is 14.1. The fourth-order valence-corrected chi connectivity index (χ4v) is 4.71. The van der Waals surface area contributed by atoms with E-state index in [0.29, 0.717) is 30.5 Å². The maximum Gasteiger partial charge on any atom is 0.274 e. The van der Waals surface area contributed by atoms with Crippen LogP contribution in [-0.2, 0) is 7.05 Å². The minimum absolute atomic E-state index is 0.0577.